The van der Waals surface area contributed by atoms with Crippen LogP contribution < -0.4 is 5.56 Å². The lowest BCUT2D eigenvalue weighted by molar-refractivity contribution is 0.576. The summed E-state index contributed by atoms with van der Waals surface area (Å²) in [7, 11) is 0. The van der Waals surface area contributed by atoms with Crippen LogP contribution in [0.3, 0.4) is 0 Å². The number of nitrogens with zero attached hydrogens (tertiary/aromatic N) is 3. The summed E-state index contributed by atoms with van der Waals surface area (Å²) in [5, 5.41) is 5.58. The van der Waals surface area contributed by atoms with Crippen molar-refractivity contribution in [3.63, 3.8) is 0 Å². The maximum atomic E-state index is 14.2. The summed E-state index contributed by atoms with van der Waals surface area (Å²) in [5.74, 6) is -0.470. The Bertz CT molecular complexity index is 1190. The fraction of sp³-hybridized carbons (Fsp3) is 0.150. The molecule has 0 spiro atoms. The molecule has 2 heterocycles. The van der Waals surface area contributed by atoms with Gasteiger partial charge in [0.25, 0.3) is 5.56 Å². The van der Waals surface area contributed by atoms with Crippen molar-refractivity contribution >= 4 is 33.2 Å². The molecule has 7 heteroatoms. The number of halogens is 2. The first-order chi connectivity index (χ1) is 12.9. The van der Waals surface area contributed by atoms with E-state index in [-0.39, 0.29) is 22.7 Å². The molecule has 0 saturated carbocycles. The molecule has 0 aliphatic heterocycles. The summed E-state index contributed by atoms with van der Waals surface area (Å²) in [5.41, 5.74) is 2.88. The zero-order chi connectivity index (χ0) is 19.1. The first-order valence-corrected chi connectivity index (χ1v) is 9.51. The van der Waals surface area contributed by atoms with Gasteiger partial charge in [-0.1, -0.05) is 47.5 Å². The van der Waals surface area contributed by atoms with Gasteiger partial charge in [0.05, 0.1) is 16.3 Å². The van der Waals surface area contributed by atoms with E-state index in [4.69, 9.17) is 11.6 Å². The minimum atomic E-state index is -0.470. The molecular weight excluding hydrogens is 385 g/mol. The van der Waals surface area contributed by atoms with Crippen molar-refractivity contribution < 1.29 is 4.39 Å². The Morgan fingerprint density at radius 1 is 1.15 bits per heavy atom. The van der Waals surface area contributed by atoms with Gasteiger partial charge >= 0.3 is 0 Å². The molecule has 0 amide bonds. The van der Waals surface area contributed by atoms with Gasteiger partial charge in [-0.25, -0.2) is 14.1 Å². The van der Waals surface area contributed by atoms with Gasteiger partial charge in [0.1, 0.15) is 11.5 Å². The van der Waals surface area contributed by atoms with Crippen molar-refractivity contribution in [3.05, 3.63) is 79.8 Å². The molecule has 4 nitrogen and oxygen atoms in total. The normalized spacial score (nSPS) is 11.3. The highest BCUT2D eigenvalue weighted by Gasteiger charge is 2.18. The van der Waals surface area contributed by atoms with Crippen molar-refractivity contribution in [3.8, 4) is 11.3 Å². The van der Waals surface area contributed by atoms with E-state index in [0.717, 1.165) is 20.8 Å². The van der Waals surface area contributed by atoms with Crippen LogP contribution >= 0.6 is 22.9 Å². The maximum absolute atomic E-state index is 14.2. The summed E-state index contributed by atoms with van der Waals surface area (Å²) < 4.78 is 16.2. The van der Waals surface area contributed by atoms with Crippen molar-refractivity contribution in [2.24, 2.45) is 0 Å². The van der Waals surface area contributed by atoms with Crippen LogP contribution in [-0.2, 0) is 6.54 Å². The van der Waals surface area contributed by atoms with Gasteiger partial charge in [-0.05, 0) is 26.0 Å². The molecule has 0 aliphatic carbocycles. The van der Waals surface area contributed by atoms with Crippen LogP contribution in [0.4, 0.5) is 4.39 Å². The second-order valence-electron chi connectivity index (χ2n) is 6.29. The topological polar surface area (TPSA) is 47.8 Å². The molecule has 0 unspecified atom stereocenters. The third-order valence-corrected chi connectivity index (χ3v) is 5.63. The highest BCUT2D eigenvalue weighted by atomic mass is 35.5. The molecule has 4 aromatic rings. The SMILES string of the molecule is Cc1ccc(-c2nn(Cc3c(F)cccc3Cl)c(=O)c3nc(C)sc23)cc1. The number of aromatic nitrogens is 3. The van der Waals surface area contributed by atoms with Crippen LogP contribution in [0, 0.1) is 19.7 Å². The average Bonchev–Trinajstić information content (AvgIpc) is 3.03. The molecule has 0 atom stereocenters. The second kappa shape index (κ2) is 6.87. The highest BCUT2D eigenvalue weighted by Crippen LogP contribution is 2.30. The van der Waals surface area contributed by atoms with Crippen LogP contribution in [0.5, 0.6) is 0 Å². The van der Waals surface area contributed by atoms with Gasteiger partial charge < -0.3 is 0 Å². The van der Waals surface area contributed by atoms with E-state index in [0.29, 0.717) is 11.2 Å². The zero-order valence-corrected chi connectivity index (χ0v) is 16.2. The second-order valence-corrected chi connectivity index (χ2v) is 7.90. The Hall–Kier alpha value is -2.57. The third kappa shape index (κ3) is 3.26. The number of fused-ring (bicyclic) bond motifs is 1. The van der Waals surface area contributed by atoms with Gasteiger partial charge in [-0.3, -0.25) is 4.79 Å². The van der Waals surface area contributed by atoms with Gasteiger partial charge in [0, 0.05) is 16.1 Å². The Kier molecular flexibility index (Phi) is 4.53. The molecule has 136 valence electrons. The monoisotopic (exact) mass is 399 g/mol. The van der Waals surface area contributed by atoms with E-state index >= 15 is 0 Å². The van der Waals surface area contributed by atoms with Crippen molar-refractivity contribution in [2.75, 3.05) is 0 Å². The first kappa shape index (κ1) is 17.8. The standard InChI is InChI=1S/C20H15ClFN3OS/c1-11-6-8-13(9-7-11)17-19-18(23-12(2)27-19)20(26)25(24-17)10-14-15(21)4-3-5-16(14)22/h3-9H,10H2,1-2H3. The van der Waals surface area contributed by atoms with Crippen LogP contribution in [-0.4, -0.2) is 14.8 Å². The van der Waals surface area contributed by atoms with Crippen molar-refractivity contribution in [2.45, 2.75) is 20.4 Å². The Labute approximate surface area is 163 Å². The minimum Gasteiger partial charge on any atom is -0.265 e. The van der Waals surface area contributed by atoms with E-state index in [1.165, 1.54) is 28.2 Å². The van der Waals surface area contributed by atoms with Gasteiger partial charge in [0.2, 0.25) is 0 Å². The lowest BCUT2D eigenvalue weighted by atomic mass is 10.1. The van der Waals surface area contributed by atoms with E-state index < -0.39 is 5.82 Å². The predicted octanol–water partition coefficient (Wildman–Crippen LogP) is 4.98. The summed E-state index contributed by atoms with van der Waals surface area (Å²) >= 11 is 7.56. The lowest BCUT2D eigenvalue weighted by Crippen LogP contribution is -2.25. The molecule has 0 saturated heterocycles. The summed E-state index contributed by atoms with van der Waals surface area (Å²) in [6, 6.07) is 12.3. The van der Waals surface area contributed by atoms with Crippen LogP contribution in [0.1, 0.15) is 16.1 Å². The molecule has 2 aromatic carbocycles. The smallest absolute Gasteiger partial charge is 0.265 e. The fourth-order valence-electron chi connectivity index (χ4n) is 2.91. The molecule has 27 heavy (non-hydrogen) atoms. The van der Waals surface area contributed by atoms with Crippen LogP contribution in [0.2, 0.25) is 5.02 Å². The average molecular weight is 400 g/mol. The van der Waals surface area contributed by atoms with Crippen LogP contribution in [0.25, 0.3) is 21.5 Å². The molecule has 0 radical (unpaired) electrons. The Balaban J connectivity index is 1.95. The van der Waals surface area contributed by atoms with E-state index in [1.807, 2.05) is 38.1 Å². The van der Waals surface area contributed by atoms with E-state index in [1.54, 1.807) is 6.07 Å². The van der Waals surface area contributed by atoms with Gasteiger partial charge in [-0.15, -0.1) is 11.3 Å². The maximum Gasteiger partial charge on any atom is 0.294 e. The highest BCUT2D eigenvalue weighted by molar-refractivity contribution is 7.19. The third-order valence-electron chi connectivity index (χ3n) is 4.30. The summed E-state index contributed by atoms with van der Waals surface area (Å²) in [6.07, 6.45) is 0. The Morgan fingerprint density at radius 2 is 1.89 bits per heavy atom. The summed E-state index contributed by atoms with van der Waals surface area (Å²) in [4.78, 5) is 17.3. The number of benzene rings is 2. The molecule has 0 N–H and O–H groups in total. The first-order valence-electron chi connectivity index (χ1n) is 8.32. The van der Waals surface area contributed by atoms with E-state index in [2.05, 4.69) is 10.1 Å². The van der Waals surface area contributed by atoms with E-state index in [9.17, 15) is 9.18 Å². The zero-order valence-electron chi connectivity index (χ0n) is 14.7. The van der Waals surface area contributed by atoms with Crippen molar-refractivity contribution in [1.82, 2.24) is 14.8 Å². The lowest BCUT2D eigenvalue weighted by Gasteiger charge is -2.10. The molecule has 0 bridgehead atoms. The predicted molar refractivity (Wildman–Crippen MR) is 107 cm³/mol. The summed E-state index contributed by atoms with van der Waals surface area (Å²) in [6.45, 7) is 3.79. The molecule has 0 aliphatic rings. The number of rotatable bonds is 3. The number of aryl methyl sites for hydroxylation is 2. The molecule has 4 rings (SSSR count). The van der Waals surface area contributed by atoms with Gasteiger partial charge in [-0.2, -0.15) is 5.10 Å². The fourth-order valence-corrected chi connectivity index (χ4v) is 4.05. The molecule has 2 aromatic heterocycles. The number of hydrogen-bond acceptors (Lipinski definition) is 4. The number of thiazole rings is 1. The molecule has 0 fully saturated rings. The van der Waals surface area contributed by atoms with Crippen LogP contribution in [0.15, 0.2) is 47.3 Å². The largest absolute Gasteiger partial charge is 0.294 e. The Morgan fingerprint density at radius 3 is 2.59 bits per heavy atom. The van der Waals surface area contributed by atoms with Gasteiger partial charge in [0.15, 0.2) is 5.52 Å². The quantitative estimate of drug-likeness (QED) is 0.488. The minimum absolute atomic E-state index is 0.0598. The van der Waals surface area contributed by atoms with Crippen molar-refractivity contribution in [1.29, 1.82) is 0 Å². The molecular formula is C20H15ClFN3OS. The number of hydrogen-bond donors (Lipinski definition) is 0.